The van der Waals surface area contributed by atoms with Gasteiger partial charge in [0.1, 0.15) is 6.10 Å². The van der Waals surface area contributed by atoms with E-state index in [1.165, 1.54) is 197 Å². The first kappa shape index (κ1) is 94.3. The minimum Gasteiger partial charge on any atom is -0.466 e. The summed E-state index contributed by atoms with van der Waals surface area (Å²) in [5, 5.41) is 0. The third-order valence-corrected chi connectivity index (χ3v) is 20.0. The number of carbonyl (C=O) groups is 7. The van der Waals surface area contributed by atoms with Crippen molar-refractivity contribution in [3.05, 3.63) is 139 Å². The van der Waals surface area contributed by atoms with Crippen molar-refractivity contribution < 1.29 is 66.7 Å². The van der Waals surface area contributed by atoms with Crippen molar-refractivity contribution in [2.75, 3.05) is 39.6 Å². The fourth-order valence-electron chi connectivity index (χ4n) is 14.2. The van der Waals surface area contributed by atoms with Crippen LogP contribution in [0.15, 0.2) is 117 Å². The smallest absolute Gasteiger partial charge is 0.333 e. The zero-order chi connectivity index (χ0) is 77.1. The van der Waals surface area contributed by atoms with E-state index in [1.807, 2.05) is 12.1 Å². The molecule has 0 aromatic heterocycles. The van der Waals surface area contributed by atoms with Gasteiger partial charge in [-0.25, -0.2) is 28.8 Å². The standard InChI is InChI=1S/C21H30O4.C21H28O4.C19H34O2.C16H30O2.C14H20O2/c2*1-4-20(22)24-15-7-5-6-8-16-25-21(23)14-11-18-9-12-19(13-10-18)17(2)3;1-17(2)19(20)21-18-15-13-11-9-7-5-3-4-6-8-10-12-14-16-18;1-4-5-6-7-8-9-10-11-12-13-14-18-16(17)15(2)3;1-2-13(15)16-9-14-6-10-3-11(7-14)5-12(4-10)8-14/h4,9-10,12-13,17H,1,5-8,11,14-16H2,2-3H3;4,9-14,17H,1,5-8,15-16H2,2-3H3;18H,1,3-16H2,2H3;2,4-14H2,1,3H3;2,10-12H,1,3-9H2/b;14-11+;;;. The van der Waals surface area contributed by atoms with E-state index >= 15 is 0 Å². The molecule has 5 fully saturated rings. The molecule has 7 rings (SSSR count). The molecule has 14 nitrogen and oxygen atoms in total. The van der Waals surface area contributed by atoms with Crippen LogP contribution in [0.5, 0.6) is 0 Å². The van der Waals surface area contributed by atoms with Crippen LogP contribution in [0.4, 0.5) is 0 Å². The van der Waals surface area contributed by atoms with Gasteiger partial charge >= 0.3 is 41.8 Å². The molecule has 5 aliphatic rings. The Balaban J connectivity index is 0.000000450. The van der Waals surface area contributed by atoms with Crippen molar-refractivity contribution in [3.63, 3.8) is 0 Å². The van der Waals surface area contributed by atoms with Crippen molar-refractivity contribution in [1.82, 2.24) is 0 Å². The van der Waals surface area contributed by atoms with E-state index in [9.17, 15) is 33.6 Å². The Morgan fingerprint density at radius 2 is 0.790 bits per heavy atom. The zero-order valence-electron chi connectivity index (χ0n) is 66.7. The van der Waals surface area contributed by atoms with Crippen molar-refractivity contribution in [3.8, 4) is 0 Å². The predicted octanol–water partition coefficient (Wildman–Crippen LogP) is 23.1. The van der Waals surface area contributed by atoms with Crippen LogP contribution in [0.3, 0.4) is 0 Å². The van der Waals surface area contributed by atoms with Gasteiger partial charge in [-0.3, -0.25) is 4.79 Å². The Labute approximate surface area is 636 Å². The number of rotatable bonds is 40. The predicted molar refractivity (Wildman–Crippen MR) is 428 cm³/mol. The molecule has 5 saturated carbocycles. The van der Waals surface area contributed by atoms with Crippen molar-refractivity contribution >= 4 is 47.9 Å². The van der Waals surface area contributed by atoms with Crippen LogP contribution in [-0.2, 0) is 73.1 Å². The first-order chi connectivity index (χ1) is 50.6. The maximum Gasteiger partial charge on any atom is 0.333 e. The quantitative estimate of drug-likeness (QED) is 0.0266. The fourth-order valence-corrected chi connectivity index (χ4v) is 14.2. The second-order valence-corrected chi connectivity index (χ2v) is 30.5. The second kappa shape index (κ2) is 60.2. The van der Waals surface area contributed by atoms with Crippen LogP contribution >= 0.6 is 0 Å². The number of hydrogen-bond donors (Lipinski definition) is 0. The minimum atomic E-state index is -0.389. The van der Waals surface area contributed by atoms with Crippen LogP contribution in [0.2, 0.25) is 0 Å². The molecule has 0 amide bonds. The summed E-state index contributed by atoms with van der Waals surface area (Å²) < 4.78 is 36.1. The minimum absolute atomic E-state index is 0.110. The Morgan fingerprint density at radius 3 is 1.18 bits per heavy atom. The van der Waals surface area contributed by atoms with Crippen molar-refractivity contribution in [1.29, 1.82) is 0 Å². The molecular weight excluding hydrogens is 1320 g/mol. The van der Waals surface area contributed by atoms with E-state index in [4.69, 9.17) is 33.2 Å². The number of hydrogen-bond acceptors (Lipinski definition) is 14. The lowest BCUT2D eigenvalue weighted by Crippen LogP contribution is -2.48. The summed E-state index contributed by atoms with van der Waals surface area (Å²) in [6.07, 6.45) is 54.3. The molecule has 0 radical (unpaired) electrons. The average Bonchev–Trinajstić information content (AvgIpc) is 0.757. The normalized spacial score (nSPS) is 17.8. The van der Waals surface area contributed by atoms with Gasteiger partial charge in [0, 0.05) is 47.3 Å². The number of benzene rings is 2. The van der Waals surface area contributed by atoms with Gasteiger partial charge in [-0.1, -0.05) is 238 Å². The molecular formula is C91H142O14. The summed E-state index contributed by atoms with van der Waals surface area (Å²) in [6, 6.07) is 16.6. The molecule has 0 heterocycles. The molecule has 105 heavy (non-hydrogen) atoms. The van der Waals surface area contributed by atoms with E-state index in [-0.39, 0.29) is 47.9 Å². The Hall–Kier alpha value is -6.83. The topological polar surface area (TPSA) is 184 Å². The Kier molecular flexibility index (Phi) is 54.0. The molecule has 0 N–H and O–H groups in total. The van der Waals surface area contributed by atoms with E-state index in [2.05, 4.69) is 104 Å². The highest BCUT2D eigenvalue weighted by atomic mass is 16.6. The molecule has 0 unspecified atom stereocenters. The fraction of sp³-hybridized carbons (Fsp3) is 0.659. The molecule has 0 spiro atoms. The van der Waals surface area contributed by atoms with Crippen LogP contribution in [0, 0.1) is 23.2 Å². The van der Waals surface area contributed by atoms with Gasteiger partial charge in [0.15, 0.2) is 0 Å². The summed E-state index contributed by atoms with van der Waals surface area (Å²) in [5.74, 6) is 1.83. The Bertz CT molecular complexity index is 2740. The molecule has 2 aromatic carbocycles. The van der Waals surface area contributed by atoms with Crippen LogP contribution in [0.25, 0.3) is 6.08 Å². The van der Waals surface area contributed by atoms with E-state index in [0.717, 1.165) is 112 Å². The number of carbonyl (C=O) groups excluding carboxylic acids is 7. The molecule has 0 aliphatic heterocycles. The third kappa shape index (κ3) is 48.9. The SMILES string of the molecule is C=C(C)C(=O)OC1CCCCCCCCCCCCCC1.C=C(C)C(=O)OCCCCCCCCCCCC.C=CC(=O)OCC12CC3CC(CC(C3)C1)C2.C=CC(=O)OCCCCCCOC(=O)/C=C/c1ccc(C(C)C)cc1.C=CC(=O)OCCCCCCOC(=O)CCc1ccc(C(C)C)cc1. The lowest BCUT2D eigenvalue weighted by molar-refractivity contribution is -0.150. The van der Waals surface area contributed by atoms with Gasteiger partial charge in [0.2, 0.25) is 0 Å². The van der Waals surface area contributed by atoms with Crippen LogP contribution in [0.1, 0.15) is 333 Å². The van der Waals surface area contributed by atoms with Crippen LogP contribution < -0.4 is 0 Å². The maximum atomic E-state index is 11.7. The molecule has 4 bridgehead atoms. The molecule has 5 aliphatic carbocycles. The van der Waals surface area contributed by atoms with Gasteiger partial charge in [0.05, 0.1) is 39.6 Å². The highest BCUT2D eigenvalue weighted by molar-refractivity contribution is 5.88. The highest BCUT2D eigenvalue weighted by Crippen LogP contribution is 2.60. The highest BCUT2D eigenvalue weighted by Gasteiger charge is 2.51. The summed E-state index contributed by atoms with van der Waals surface area (Å²) in [5.41, 5.74) is 6.08. The molecule has 0 atom stereocenters. The number of aryl methyl sites for hydroxylation is 1. The summed E-state index contributed by atoms with van der Waals surface area (Å²) in [4.78, 5) is 79.0. The lowest BCUT2D eigenvalue weighted by atomic mass is 9.50. The number of unbranched alkanes of at least 4 members (excludes halogenated alkanes) is 15. The lowest BCUT2D eigenvalue weighted by Gasteiger charge is -2.56. The van der Waals surface area contributed by atoms with E-state index in [0.29, 0.717) is 80.9 Å². The summed E-state index contributed by atoms with van der Waals surface area (Å²) in [6.45, 7) is 34.5. The maximum absolute atomic E-state index is 11.7. The first-order valence-corrected chi connectivity index (χ1v) is 40.9. The van der Waals surface area contributed by atoms with Gasteiger partial charge < -0.3 is 33.2 Å². The largest absolute Gasteiger partial charge is 0.466 e. The molecule has 0 saturated heterocycles. The van der Waals surface area contributed by atoms with Crippen molar-refractivity contribution in [2.24, 2.45) is 23.2 Å². The molecule has 590 valence electrons. The third-order valence-electron chi connectivity index (χ3n) is 20.0. The van der Waals surface area contributed by atoms with Crippen LogP contribution in [-0.4, -0.2) is 87.5 Å². The zero-order valence-corrected chi connectivity index (χ0v) is 66.7. The number of esters is 7. The van der Waals surface area contributed by atoms with Crippen molar-refractivity contribution in [2.45, 2.75) is 323 Å². The van der Waals surface area contributed by atoms with E-state index in [1.54, 1.807) is 19.9 Å². The first-order valence-electron chi connectivity index (χ1n) is 40.9. The Morgan fingerprint density at radius 1 is 0.438 bits per heavy atom. The second-order valence-electron chi connectivity index (χ2n) is 30.5. The summed E-state index contributed by atoms with van der Waals surface area (Å²) >= 11 is 0. The van der Waals surface area contributed by atoms with Gasteiger partial charge in [-0.05, 0) is 200 Å². The van der Waals surface area contributed by atoms with E-state index < -0.39 is 0 Å². The average molecular weight is 1460 g/mol. The monoisotopic (exact) mass is 1460 g/mol. The molecule has 2 aromatic rings. The van der Waals surface area contributed by atoms with Gasteiger partial charge in [0.25, 0.3) is 0 Å². The summed E-state index contributed by atoms with van der Waals surface area (Å²) in [7, 11) is 0. The van der Waals surface area contributed by atoms with Gasteiger partial charge in [-0.15, -0.1) is 0 Å². The van der Waals surface area contributed by atoms with Gasteiger partial charge in [-0.2, -0.15) is 0 Å². The number of ether oxygens (including phenoxy) is 7. The molecule has 14 heteroatoms.